The lowest BCUT2D eigenvalue weighted by Gasteiger charge is -2.14. The van der Waals surface area contributed by atoms with Crippen molar-refractivity contribution < 1.29 is 26.7 Å². The van der Waals surface area contributed by atoms with Gasteiger partial charge in [-0.05, 0) is 31.5 Å². The maximum Gasteiger partial charge on any atom is 0.416 e. The van der Waals surface area contributed by atoms with Crippen LogP contribution in [0.1, 0.15) is 40.4 Å². The Labute approximate surface area is 94.2 Å². The van der Waals surface area contributed by atoms with Gasteiger partial charge in [-0.3, -0.25) is 4.79 Å². The fraction of sp³-hybridized carbons (Fsp3) is 0.364. The zero-order valence-corrected chi connectivity index (χ0v) is 9.03. The first kappa shape index (κ1) is 13.6. The molecule has 0 spiro atoms. The normalized spacial score (nSPS) is 12.0. The standard InChI is InChI=1S/C11H9F5O/c1-5-3-8(10(12)13)7(6(2)17)4-9(5)11(14,15)16/h3-4,10H,1-2H3. The first-order valence-corrected chi connectivity index (χ1v) is 4.65. The van der Waals surface area contributed by atoms with E-state index in [-0.39, 0.29) is 5.56 Å². The van der Waals surface area contributed by atoms with Gasteiger partial charge in [0.1, 0.15) is 0 Å². The number of hydrogen-bond acceptors (Lipinski definition) is 1. The summed E-state index contributed by atoms with van der Waals surface area (Å²) in [5, 5.41) is 0. The van der Waals surface area contributed by atoms with Gasteiger partial charge in [-0.25, -0.2) is 8.78 Å². The van der Waals surface area contributed by atoms with Crippen LogP contribution in [0.4, 0.5) is 22.0 Å². The average Bonchev–Trinajstić information content (AvgIpc) is 2.14. The largest absolute Gasteiger partial charge is 0.416 e. The highest BCUT2D eigenvalue weighted by atomic mass is 19.4. The molecule has 0 aliphatic carbocycles. The number of alkyl halides is 5. The van der Waals surface area contributed by atoms with Gasteiger partial charge in [-0.1, -0.05) is 0 Å². The van der Waals surface area contributed by atoms with Crippen LogP contribution in [0.15, 0.2) is 12.1 Å². The lowest BCUT2D eigenvalue weighted by atomic mass is 9.97. The van der Waals surface area contributed by atoms with Gasteiger partial charge in [-0.15, -0.1) is 0 Å². The Morgan fingerprint density at radius 1 is 1.24 bits per heavy atom. The molecule has 0 radical (unpaired) electrons. The lowest BCUT2D eigenvalue weighted by molar-refractivity contribution is -0.138. The Kier molecular flexibility index (Phi) is 3.54. The van der Waals surface area contributed by atoms with Crippen LogP contribution in [0.5, 0.6) is 0 Å². The van der Waals surface area contributed by atoms with Gasteiger partial charge in [0, 0.05) is 11.1 Å². The second-order valence-corrected chi connectivity index (χ2v) is 3.61. The predicted molar refractivity (Wildman–Crippen MR) is 51.1 cm³/mol. The summed E-state index contributed by atoms with van der Waals surface area (Å²) >= 11 is 0. The second-order valence-electron chi connectivity index (χ2n) is 3.61. The first-order valence-electron chi connectivity index (χ1n) is 4.65. The highest BCUT2D eigenvalue weighted by Gasteiger charge is 2.34. The van der Waals surface area contributed by atoms with E-state index in [1.807, 2.05) is 0 Å². The summed E-state index contributed by atoms with van der Waals surface area (Å²) in [5.41, 5.74) is -2.63. The van der Waals surface area contributed by atoms with Crippen molar-refractivity contribution in [2.75, 3.05) is 0 Å². The highest BCUT2D eigenvalue weighted by molar-refractivity contribution is 5.96. The molecule has 94 valence electrons. The van der Waals surface area contributed by atoms with Gasteiger partial charge in [0.25, 0.3) is 6.43 Å². The number of carbonyl (C=O) groups excluding carboxylic acids is 1. The summed E-state index contributed by atoms with van der Waals surface area (Å²) in [4.78, 5) is 11.1. The summed E-state index contributed by atoms with van der Waals surface area (Å²) in [6, 6.07) is 1.20. The molecule has 0 atom stereocenters. The van der Waals surface area contributed by atoms with Crippen LogP contribution in [0, 0.1) is 6.92 Å². The number of rotatable bonds is 2. The van der Waals surface area contributed by atoms with Crippen LogP contribution in [0.3, 0.4) is 0 Å². The molecular weight excluding hydrogens is 243 g/mol. The number of hydrogen-bond donors (Lipinski definition) is 0. The summed E-state index contributed by atoms with van der Waals surface area (Å²) in [6.45, 7) is 2.04. The maximum atomic E-state index is 12.6. The van der Waals surface area contributed by atoms with Gasteiger partial charge in [0.05, 0.1) is 5.56 Å². The summed E-state index contributed by atoms with van der Waals surface area (Å²) in [5.74, 6) is -0.814. The van der Waals surface area contributed by atoms with E-state index < -0.39 is 35.1 Å². The Morgan fingerprint density at radius 3 is 2.12 bits per heavy atom. The number of Topliss-reactive ketones (excluding diaryl/α,β-unsaturated/α-hetero) is 1. The lowest BCUT2D eigenvalue weighted by Crippen LogP contribution is -2.11. The molecule has 0 bridgehead atoms. The van der Waals surface area contributed by atoms with Gasteiger partial charge >= 0.3 is 6.18 Å². The molecule has 0 aromatic heterocycles. The third-order valence-electron chi connectivity index (χ3n) is 2.32. The van der Waals surface area contributed by atoms with Crippen molar-refractivity contribution in [3.05, 3.63) is 34.4 Å². The van der Waals surface area contributed by atoms with Gasteiger partial charge in [-0.2, -0.15) is 13.2 Å². The monoisotopic (exact) mass is 252 g/mol. The zero-order valence-electron chi connectivity index (χ0n) is 9.03. The third-order valence-corrected chi connectivity index (χ3v) is 2.32. The molecule has 0 saturated heterocycles. The number of ketones is 1. The van der Waals surface area contributed by atoms with Crippen LogP contribution in [0.25, 0.3) is 0 Å². The van der Waals surface area contributed by atoms with Crippen molar-refractivity contribution in [1.29, 1.82) is 0 Å². The van der Waals surface area contributed by atoms with Crippen LogP contribution >= 0.6 is 0 Å². The topological polar surface area (TPSA) is 17.1 Å². The van der Waals surface area contributed by atoms with E-state index >= 15 is 0 Å². The molecule has 1 nitrogen and oxygen atoms in total. The Bertz CT molecular complexity index is 448. The van der Waals surface area contributed by atoms with E-state index in [1.165, 1.54) is 0 Å². The molecule has 0 aliphatic heterocycles. The Morgan fingerprint density at radius 2 is 1.76 bits per heavy atom. The molecule has 1 aromatic rings. The van der Waals surface area contributed by atoms with Crippen LogP contribution in [-0.2, 0) is 6.18 Å². The summed E-state index contributed by atoms with van der Waals surface area (Å²) < 4.78 is 62.7. The van der Waals surface area contributed by atoms with Crippen molar-refractivity contribution in [3.8, 4) is 0 Å². The van der Waals surface area contributed by atoms with Gasteiger partial charge in [0.2, 0.25) is 0 Å². The molecular formula is C11H9F5O. The SMILES string of the molecule is CC(=O)c1cc(C(F)(F)F)c(C)cc1C(F)F. The van der Waals surface area contributed by atoms with E-state index in [2.05, 4.69) is 0 Å². The molecule has 0 aliphatic rings. The third kappa shape index (κ3) is 2.81. The molecule has 1 aromatic carbocycles. The average molecular weight is 252 g/mol. The number of aryl methyl sites for hydroxylation is 1. The van der Waals surface area contributed by atoms with Crippen LogP contribution in [-0.4, -0.2) is 5.78 Å². The van der Waals surface area contributed by atoms with Crippen molar-refractivity contribution in [3.63, 3.8) is 0 Å². The molecule has 6 heteroatoms. The summed E-state index contributed by atoms with van der Waals surface area (Å²) in [7, 11) is 0. The minimum atomic E-state index is -4.66. The molecule has 0 amide bonds. The summed E-state index contributed by atoms with van der Waals surface area (Å²) in [6.07, 6.45) is -7.63. The number of carbonyl (C=O) groups is 1. The van der Waals surface area contributed by atoms with Gasteiger partial charge < -0.3 is 0 Å². The van der Waals surface area contributed by atoms with E-state index in [4.69, 9.17) is 0 Å². The van der Waals surface area contributed by atoms with E-state index in [1.54, 1.807) is 0 Å². The highest BCUT2D eigenvalue weighted by Crippen LogP contribution is 2.35. The maximum absolute atomic E-state index is 12.6. The smallest absolute Gasteiger partial charge is 0.294 e. The van der Waals surface area contributed by atoms with Crippen LogP contribution in [0.2, 0.25) is 0 Å². The molecule has 0 saturated carbocycles. The molecule has 0 N–H and O–H groups in total. The van der Waals surface area contributed by atoms with E-state index in [0.29, 0.717) is 12.1 Å². The van der Waals surface area contributed by atoms with Crippen molar-refractivity contribution in [2.24, 2.45) is 0 Å². The Balaban J connectivity index is 3.51. The number of halogens is 5. The quantitative estimate of drug-likeness (QED) is 0.570. The minimum Gasteiger partial charge on any atom is -0.294 e. The van der Waals surface area contributed by atoms with Crippen molar-refractivity contribution in [2.45, 2.75) is 26.4 Å². The first-order chi connectivity index (χ1) is 7.64. The molecule has 0 unspecified atom stereocenters. The molecule has 0 fully saturated rings. The number of benzene rings is 1. The second kappa shape index (κ2) is 4.43. The fourth-order valence-corrected chi connectivity index (χ4v) is 1.52. The predicted octanol–water partition coefficient (Wildman–Crippen LogP) is 4.15. The molecule has 0 heterocycles. The van der Waals surface area contributed by atoms with Gasteiger partial charge in [0.15, 0.2) is 5.78 Å². The van der Waals surface area contributed by atoms with Crippen molar-refractivity contribution >= 4 is 5.78 Å². The molecule has 1 rings (SSSR count). The zero-order chi connectivity index (χ0) is 13.4. The van der Waals surface area contributed by atoms with Crippen molar-refractivity contribution in [1.82, 2.24) is 0 Å². The fourth-order valence-electron chi connectivity index (χ4n) is 1.52. The van der Waals surface area contributed by atoms with Crippen LogP contribution < -0.4 is 0 Å². The molecule has 17 heavy (non-hydrogen) atoms. The van der Waals surface area contributed by atoms with E-state index in [0.717, 1.165) is 13.8 Å². The van der Waals surface area contributed by atoms with E-state index in [9.17, 15) is 26.7 Å². The Hall–Kier alpha value is -1.46. The minimum absolute atomic E-state index is 0.321.